The molecule has 0 fully saturated rings. The Morgan fingerprint density at radius 2 is 1.90 bits per heavy atom. The Hall–Kier alpha value is -1.60. The van der Waals surface area contributed by atoms with Gasteiger partial charge in [0.1, 0.15) is 0 Å². The molecule has 0 radical (unpaired) electrons. The summed E-state index contributed by atoms with van der Waals surface area (Å²) in [4.78, 5) is 12.0. The minimum Gasteiger partial charge on any atom is -0.333 e. The summed E-state index contributed by atoms with van der Waals surface area (Å²) in [6.07, 6.45) is 0. The van der Waals surface area contributed by atoms with Gasteiger partial charge in [0.25, 0.3) is 0 Å². The molecular weight excluding hydrogens is 290 g/mol. The highest BCUT2D eigenvalue weighted by Gasteiger charge is 2.21. The fourth-order valence-electron chi connectivity index (χ4n) is 1.75. The van der Waals surface area contributed by atoms with Gasteiger partial charge in [-0.25, -0.2) is 13.2 Å². The Balaban J connectivity index is 3.11. The van der Waals surface area contributed by atoms with Crippen LogP contribution in [0.1, 0.15) is 26.3 Å². The lowest BCUT2D eigenvalue weighted by molar-refractivity contribution is 0.243. The molecule has 0 aromatic heterocycles. The van der Waals surface area contributed by atoms with E-state index in [1.165, 1.54) is 6.07 Å². The number of nitrogens with one attached hydrogen (secondary N) is 2. The molecule has 0 aliphatic heterocycles. The van der Waals surface area contributed by atoms with Crippen molar-refractivity contribution in [3.8, 4) is 0 Å². The Morgan fingerprint density at radius 3 is 2.43 bits per heavy atom. The van der Waals surface area contributed by atoms with Crippen LogP contribution in [0.15, 0.2) is 23.1 Å². The number of aryl methyl sites for hydroxylation is 1. The first-order chi connectivity index (χ1) is 9.55. The van der Waals surface area contributed by atoms with Crippen LogP contribution in [0.2, 0.25) is 0 Å². The van der Waals surface area contributed by atoms with Crippen LogP contribution in [0.25, 0.3) is 0 Å². The van der Waals surface area contributed by atoms with Crippen molar-refractivity contribution in [1.29, 1.82) is 0 Å². The monoisotopic (exact) mass is 313 g/mol. The topological polar surface area (TPSA) is 101 Å². The van der Waals surface area contributed by atoms with E-state index in [1.54, 1.807) is 19.1 Å². The van der Waals surface area contributed by atoms with Gasteiger partial charge in [0.05, 0.1) is 16.3 Å². The molecule has 1 rings (SSSR count). The maximum Gasteiger partial charge on any atom is 0.319 e. The number of urea groups is 1. The number of anilines is 1. The Morgan fingerprint density at radius 1 is 1.29 bits per heavy atom. The summed E-state index contributed by atoms with van der Waals surface area (Å²) in [5, 5.41) is 5.31. The van der Waals surface area contributed by atoms with Crippen molar-refractivity contribution < 1.29 is 13.2 Å². The minimum atomic E-state index is -3.52. The van der Waals surface area contributed by atoms with E-state index in [0.29, 0.717) is 0 Å². The first-order valence-corrected chi connectivity index (χ1v) is 8.33. The second-order valence-corrected chi connectivity index (χ2v) is 8.01. The molecule has 0 spiro atoms. The van der Waals surface area contributed by atoms with E-state index in [2.05, 4.69) is 10.6 Å². The maximum absolute atomic E-state index is 12.2. The largest absolute Gasteiger partial charge is 0.333 e. The first kappa shape index (κ1) is 17.5. The molecule has 1 aromatic rings. The van der Waals surface area contributed by atoms with Gasteiger partial charge < -0.3 is 16.4 Å². The van der Waals surface area contributed by atoms with Gasteiger partial charge in [0.2, 0.25) is 0 Å². The number of rotatable bonds is 4. The Labute approximate surface area is 126 Å². The van der Waals surface area contributed by atoms with Gasteiger partial charge in [-0.05, 0) is 45.4 Å². The van der Waals surface area contributed by atoms with E-state index in [4.69, 9.17) is 5.73 Å². The smallest absolute Gasteiger partial charge is 0.319 e. The second-order valence-electron chi connectivity index (χ2n) is 5.94. The minimum absolute atomic E-state index is 0.0316. The van der Waals surface area contributed by atoms with Crippen molar-refractivity contribution in [3.63, 3.8) is 0 Å². The number of carbonyl (C=O) groups excluding carboxylic acids is 1. The summed E-state index contributed by atoms with van der Waals surface area (Å²) in [5.41, 5.74) is 5.99. The molecule has 0 unspecified atom stereocenters. The number of hydrogen-bond donors (Lipinski definition) is 3. The lowest BCUT2D eigenvalue weighted by Crippen LogP contribution is -2.43. The van der Waals surface area contributed by atoms with E-state index in [9.17, 15) is 13.2 Å². The molecule has 6 nitrogen and oxygen atoms in total. The van der Waals surface area contributed by atoms with Crippen molar-refractivity contribution >= 4 is 21.6 Å². The van der Waals surface area contributed by atoms with Gasteiger partial charge in [-0.2, -0.15) is 0 Å². The number of amides is 2. The van der Waals surface area contributed by atoms with Gasteiger partial charge >= 0.3 is 6.03 Å². The third-order valence-corrected chi connectivity index (χ3v) is 4.38. The van der Waals surface area contributed by atoms with Crippen molar-refractivity contribution in [1.82, 2.24) is 5.32 Å². The van der Waals surface area contributed by atoms with Crippen LogP contribution in [-0.4, -0.2) is 32.3 Å². The fraction of sp³-hybridized carbons (Fsp3) is 0.500. The van der Waals surface area contributed by atoms with Crippen molar-refractivity contribution in [2.24, 2.45) is 5.73 Å². The zero-order valence-electron chi connectivity index (χ0n) is 12.9. The lowest BCUT2D eigenvalue weighted by Gasteiger charge is -2.21. The van der Waals surface area contributed by atoms with E-state index < -0.39 is 21.4 Å². The molecule has 0 aliphatic carbocycles. The van der Waals surface area contributed by atoms with Crippen LogP contribution in [-0.2, 0) is 9.84 Å². The molecule has 21 heavy (non-hydrogen) atoms. The van der Waals surface area contributed by atoms with E-state index >= 15 is 0 Å². The number of carbonyl (C=O) groups is 1. The van der Waals surface area contributed by atoms with Crippen LogP contribution < -0.4 is 16.4 Å². The standard InChI is InChI=1S/C14H23N3O3S/c1-10-5-6-11(16-13(18)17-14(2,3)4)12(9-10)21(19,20)8-7-15/h5-6,9H,7-8,15H2,1-4H3,(H2,16,17,18). The number of hydrogen-bond acceptors (Lipinski definition) is 4. The highest BCUT2D eigenvalue weighted by atomic mass is 32.2. The summed E-state index contributed by atoms with van der Waals surface area (Å²) in [6, 6.07) is 4.42. The summed E-state index contributed by atoms with van der Waals surface area (Å²) in [5.74, 6) is -0.161. The lowest BCUT2D eigenvalue weighted by atomic mass is 10.1. The quantitative estimate of drug-likeness (QED) is 0.786. The third-order valence-electron chi connectivity index (χ3n) is 2.60. The molecule has 4 N–H and O–H groups in total. The molecule has 7 heteroatoms. The molecule has 0 saturated heterocycles. The summed E-state index contributed by atoms with van der Waals surface area (Å²) in [7, 11) is -3.52. The fourth-order valence-corrected chi connectivity index (χ4v) is 3.10. The zero-order chi connectivity index (χ0) is 16.3. The number of nitrogens with two attached hydrogens (primary N) is 1. The zero-order valence-corrected chi connectivity index (χ0v) is 13.7. The van der Waals surface area contributed by atoms with Crippen LogP contribution >= 0.6 is 0 Å². The van der Waals surface area contributed by atoms with Crippen molar-refractivity contribution in [3.05, 3.63) is 23.8 Å². The molecule has 0 aliphatic rings. The maximum atomic E-state index is 12.2. The van der Waals surface area contributed by atoms with Crippen LogP contribution in [0, 0.1) is 6.92 Å². The summed E-state index contributed by atoms with van der Waals surface area (Å²) in [6.45, 7) is 7.35. The van der Waals surface area contributed by atoms with Crippen molar-refractivity contribution in [2.75, 3.05) is 17.6 Å². The average molecular weight is 313 g/mol. The molecule has 1 aromatic carbocycles. The number of benzene rings is 1. The molecule has 0 bridgehead atoms. The third kappa shape index (κ3) is 5.35. The average Bonchev–Trinajstić information content (AvgIpc) is 2.28. The molecule has 0 saturated carbocycles. The van der Waals surface area contributed by atoms with Gasteiger partial charge in [-0.15, -0.1) is 0 Å². The molecule has 0 heterocycles. The van der Waals surface area contributed by atoms with Crippen molar-refractivity contribution in [2.45, 2.75) is 38.1 Å². The predicted molar refractivity (Wildman–Crippen MR) is 84.2 cm³/mol. The van der Waals surface area contributed by atoms with Gasteiger partial charge in [-0.1, -0.05) is 6.07 Å². The molecule has 118 valence electrons. The Kier molecular flexibility index (Phi) is 5.36. The Bertz CT molecular complexity index is 619. The molecular formula is C14H23N3O3S. The van der Waals surface area contributed by atoms with Gasteiger partial charge in [0, 0.05) is 12.1 Å². The second kappa shape index (κ2) is 6.44. The van der Waals surface area contributed by atoms with Crippen LogP contribution in [0.3, 0.4) is 0 Å². The van der Waals surface area contributed by atoms with E-state index in [-0.39, 0.29) is 22.9 Å². The highest BCUT2D eigenvalue weighted by molar-refractivity contribution is 7.91. The van der Waals surface area contributed by atoms with Crippen LogP contribution in [0.5, 0.6) is 0 Å². The predicted octanol–water partition coefficient (Wildman–Crippen LogP) is 1.65. The molecule has 0 atom stereocenters. The first-order valence-electron chi connectivity index (χ1n) is 6.68. The number of sulfone groups is 1. The summed E-state index contributed by atoms with van der Waals surface area (Å²) < 4.78 is 24.4. The highest BCUT2D eigenvalue weighted by Crippen LogP contribution is 2.24. The molecule has 2 amide bonds. The van der Waals surface area contributed by atoms with Crippen LogP contribution in [0.4, 0.5) is 10.5 Å². The van der Waals surface area contributed by atoms with Gasteiger partial charge in [0.15, 0.2) is 9.84 Å². The van der Waals surface area contributed by atoms with E-state index in [0.717, 1.165) is 5.56 Å². The normalized spacial score (nSPS) is 12.0. The van der Waals surface area contributed by atoms with E-state index in [1.807, 2.05) is 20.8 Å². The van der Waals surface area contributed by atoms with Gasteiger partial charge in [-0.3, -0.25) is 0 Å². The SMILES string of the molecule is Cc1ccc(NC(=O)NC(C)(C)C)c(S(=O)(=O)CCN)c1. The summed E-state index contributed by atoms with van der Waals surface area (Å²) >= 11 is 0.